The predicted molar refractivity (Wildman–Crippen MR) is 146 cm³/mol. The second-order valence-electron chi connectivity index (χ2n) is 10.0. The molecule has 1 aromatic heterocycles. The number of nitrogens with one attached hydrogen (secondary N) is 2. The van der Waals surface area contributed by atoms with Crippen LogP contribution >= 0.6 is 11.6 Å². The van der Waals surface area contributed by atoms with E-state index in [2.05, 4.69) is 25.5 Å². The second-order valence-corrected chi connectivity index (χ2v) is 10.4. The first-order valence-electron chi connectivity index (χ1n) is 13.1. The number of nitrogens with zero attached hydrogens (tertiary/aromatic N) is 3. The van der Waals surface area contributed by atoms with Crippen molar-refractivity contribution < 1.29 is 23.4 Å². The van der Waals surface area contributed by atoms with Gasteiger partial charge in [0.1, 0.15) is 29.8 Å². The van der Waals surface area contributed by atoms with Crippen LogP contribution in [0.4, 0.5) is 21.6 Å². The van der Waals surface area contributed by atoms with Crippen molar-refractivity contribution in [3.8, 4) is 5.75 Å². The standard InChI is InChI=1S/C28H29ClFN5O4/c29-22-10-17(3-6-23(22)30)33-28-21-11-25(26(12-24(21)31-16-32-28)39-20-7-9-37-15-20)34-27(36)2-1-8-35-13-18-4-5-19(14-35)38-18/h1-3,6,10-12,16,18-20H,4-5,7-9,13-15H2,(H,34,36)(H,31,32,33)/t18?,19?,20-/m1/s1. The van der Waals surface area contributed by atoms with E-state index in [9.17, 15) is 9.18 Å². The van der Waals surface area contributed by atoms with E-state index in [1.807, 2.05) is 6.08 Å². The van der Waals surface area contributed by atoms with Crippen molar-refractivity contribution in [2.75, 3.05) is 43.5 Å². The molecule has 204 valence electrons. The number of hydrogen-bond acceptors (Lipinski definition) is 8. The van der Waals surface area contributed by atoms with Gasteiger partial charge >= 0.3 is 0 Å². The highest BCUT2D eigenvalue weighted by Crippen LogP contribution is 2.35. The molecule has 3 aliphatic rings. The summed E-state index contributed by atoms with van der Waals surface area (Å²) in [6.45, 7) is 3.58. The molecule has 0 spiro atoms. The zero-order valence-electron chi connectivity index (χ0n) is 21.2. The molecule has 1 amide bonds. The van der Waals surface area contributed by atoms with E-state index < -0.39 is 5.82 Å². The quantitative estimate of drug-likeness (QED) is 0.388. The van der Waals surface area contributed by atoms with E-state index in [0.717, 1.165) is 32.4 Å². The first kappa shape index (κ1) is 25.9. The minimum absolute atomic E-state index is 0.00250. The Morgan fingerprint density at radius 1 is 1.18 bits per heavy atom. The lowest BCUT2D eigenvalue weighted by Gasteiger charge is -2.31. The van der Waals surface area contributed by atoms with Crippen molar-refractivity contribution in [3.05, 3.63) is 59.7 Å². The summed E-state index contributed by atoms with van der Waals surface area (Å²) in [6, 6.07) is 7.89. The Labute approximate surface area is 230 Å². The fraction of sp³-hybridized carbons (Fsp3) is 0.393. The molecule has 3 fully saturated rings. The van der Waals surface area contributed by atoms with Gasteiger partial charge in [-0.25, -0.2) is 14.4 Å². The summed E-state index contributed by atoms with van der Waals surface area (Å²) in [6.07, 6.45) is 8.31. The number of rotatable bonds is 8. The zero-order chi connectivity index (χ0) is 26.8. The number of aromatic nitrogens is 2. The van der Waals surface area contributed by atoms with Gasteiger partial charge in [0.25, 0.3) is 0 Å². The number of halogens is 2. The third-order valence-electron chi connectivity index (χ3n) is 7.11. The maximum absolute atomic E-state index is 13.6. The number of morpholine rings is 1. The number of amides is 1. The van der Waals surface area contributed by atoms with Gasteiger partial charge in [0.05, 0.1) is 41.6 Å². The Balaban J connectivity index is 1.23. The average Bonchev–Trinajstić information content (AvgIpc) is 3.55. The van der Waals surface area contributed by atoms with Crippen molar-refractivity contribution in [1.82, 2.24) is 14.9 Å². The van der Waals surface area contributed by atoms with Crippen molar-refractivity contribution >= 4 is 45.6 Å². The topological polar surface area (TPSA) is 97.8 Å². The Morgan fingerprint density at radius 2 is 2.03 bits per heavy atom. The Bertz CT molecular complexity index is 1390. The summed E-state index contributed by atoms with van der Waals surface area (Å²) in [5, 5.41) is 6.78. The zero-order valence-corrected chi connectivity index (χ0v) is 22.0. The molecule has 9 nitrogen and oxygen atoms in total. The summed E-state index contributed by atoms with van der Waals surface area (Å²) in [7, 11) is 0. The summed E-state index contributed by atoms with van der Waals surface area (Å²) < 4.78 is 31.2. The SMILES string of the molecule is O=C(C=CCN1CC2CCC(C1)O2)Nc1cc2c(Nc3ccc(F)c(Cl)c3)ncnc2cc1O[C@@H]1CCOC1. The van der Waals surface area contributed by atoms with Gasteiger partial charge in [-0.05, 0) is 37.1 Å². The number of anilines is 3. The van der Waals surface area contributed by atoms with E-state index in [1.165, 1.54) is 18.5 Å². The molecular weight excluding hydrogens is 525 g/mol. The molecule has 0 saturated carbocycles. The molecule has 0 radical (unpaired) electrons. The van der Waals surface area contributed by atoms with Gasteiger partial charge in [-0.3, -0.25) is 9.69 Å². The van der Waals surface area contributed by atoms with E-state index in [0.29, 0.717) is 65.8 Å². The smallest absolute Gasteiger partial charge is 0.248 e. The Morgan fingerprint density at radius 3 is 2.79 bits per heavy atom. The summed E-state index contributed by atoms with van der Waals surface area (Å²) >= 11 is 5.95. The number of ether oxygens (including phenoxy) is 3. The van der Waals surface area contributed by atoms with Crippen LogP contribution in [-0.2, 0) is 14.3 Å². The third kappa shape index (κ3) is 6.14. The number of hydrogen-bond donors (Lipinski definition) is 2. The van der Waals surface area contributed by atoms with Crippen molar-refractivity contribution in [2.24, 2.45) is 0 Å². The lowest BCUT2D eigenvalue weighted by Crippen LogP contribution is -2.42. The van der Waals surface area contributed by atoms with Gasteiger partial charge in [-0.1, -0.05) is 17.7 Å². The molecule has 0 aliphatic carbocycles. The summed E-state index contributed by atoms with van der Waals surface area (Å²) in [5.74, 6) is 0.201. The monoisotopic (exact) mass is 553 g/mol. The number of carbonyl (C=O) groups is 1. The number of likely N-dealkylation sites (tertiary alicyclic amines) is 1. The van der Waals surface area contributed by atoms with Crippen molar-refractivity contribution in [1.29, 1.82) is 0 Å². The molecule has 3 aliphatic heterocycles. The molecule has 39 heavy (non-hydrogen) atoms. The van der Waals surface area contributed by atoms with Gasteiger partial charge in [0, 0.05) is 49.3 Å². The van der Waals surface area contributed by atoms with Gasteiger partial charge in [0.15, 0.2) is 0 Å². The van der Waals surface area contributed by atoms with Crippen LogP contribution in [0, 0.1) is 5.82 Å². The van der Waals surface area contributed by atoms with Crippen LogP contribution in [0.25, 0.3) is 10.9 Å². The largest absolute Gasteiger partial charge is 0.486 e. The second kappa shape index (κ2) is 11.4. The average molecular weight is 554 g/mol. The normalized spacial score (nSPS) is 23.0. The van der Waals surface area contributed by atoms with Crippen LogP contribution in [0.1, 0.15) is 19.3 Å². The molecule has 2 N–H and O–H groups in total. The highest BCUT2D eigenvalue weighted by molar-refractivity contribution is 6.31. The van der Waals surface area contributed by atoms with E-state index in [4.69, 9.17) is 25.8 Å². The minimum atomic E-state index is -0.508. The summed E-state index contributed by atoms with van der Waals surface area (Å²) in [5.41, 5.74) is 1.67. The van der Waals surface area contributed by atoms with E-state index >= 15 is 0 Å². The molecule has 2 aromatic carbocycles. The molecular formula is C28H29ClFN5O4. The van der Waals surface area contributed by atoms with Crippen molar-refractivity contribution in [2.45, 2.75) is 37.6 Å². The number of carbonyl (C=O) groups excluding carboxylic acids is 1. The molecule has 11 heteroatoms. The summed E-state index contributed by atoms with van der Waals surface area (Å²) in [4.78, 5) is 24.0. The molecule has 2 bridgehead atoms. The molecule has 2 unspecified atom stereocenters. The Kier molecular flexibility index (Phi) is 7.60. The van der Waals surface area contributed by atoms with Crippen LogP contribution in [0.2, 0.25) is 5.02 Å². The first-order valence-corrected chi connectivity index (χ1v) is 13.5. The Hall–Kier alpha value is -3.31. The van der Waals surface area contributed by atoms with Crippen LogP contribution in [0.3, 0.4) is 0 Å². The van der Waals surface area contributed by atoms with Crippen LogP contribution in [0.5, 0.6) is 5.75 Å². The minimum Gasteiger partial charge on any atom is -0.486 e. The third-order valence-corrected chi connectivity index (χ3v) is 7.40. The fourth-order valence-electron chi connectivity index (χ4n) is 5.21. The molecule has 3 atom stereocenters. The first-order chi connectivity index (χ1) is 19.0. The predicted octanol–water partition coefficient (Wildman–Crippen LogP) is 4.69. The van der Waals surface area contributed by atoms with Gasteiger partial charge in [0.2, 0.25) is 5.91 Å². The van der Waals surface area contributed by atoms with E-state index in [1.54, 1.807) is 24.3 Å². The molecule has 6 rings (SSSR count). The number of benzene rings is 2. The van der Waals surface area contributed by atoms with Gasteiger partial charge < -0.3 is 24.8 Å². The highest BCUT2D eigenvalue weighted by Gasteiger charge is 2.33. The lowest BCUT2D eigenvalue weighted by molar-refractivity contribution is -0.111. The van der Waals surface area contributed by atoms with Crippen LogP contribution < -0.4 is 15.4 Å². The number of fused-ring (bicyclic) bond motifs is 3. The molecule has 3 saturated heterocycles. The van der Waals surface area contributed by atoms with Crippen LogP contribution in [0.15, 0.2) is 48.8 Å². The molecule has 4 heterocycles. The highest BCUT2D eigenvalue weighted by atomic mass is 35.5. The lowest BCUT2D eigenvalue weighted by atomic mass is 10.1. The maximum Gasteiger partial charge on any atom is 0.248 e. The van der Waals surface area contributed by atoms with Crippen molar-refractivity contribution in [3.63, 3.8) is 0 Å². The van der Waals surface area contributed by atoms with Crippen LogP contribution in [-0.4, -0.2) is 71.9 Å². The fourth-order valence-corrected chi connectivity index (χ4v) is 5.39. The molecule has 3 aromatic rings. The van der Waals surface area contributed by atoms with E-state index in [-0.39, 0.29) is 17.0 Å². The van der Waals surface area contributed by atoms with Gasteiger partial charge in [-0.2, -0.15) is 0 Å². The van der Waals surface area contributed by atoms with Gasteiger partial charge in [-0.15, -0.1) is 0 Å². The maximum atomic E-state index is 13.6.